The molecule has 0 amide bonds. The van der Waals surface area contributed by atoms with Gasteiger partial charge in [0.05, 0.1) is 23.5 Å². The lowest BCUT2D eigenvalue weighted by Crippen LogP contribution is -2.27. The van der Waals surface area contributed by atoms with E-state index in [1.807, 2.05) is 62.7 Å². The van der Waals surface area contributed by atoms with Crippen LogP contribution in [0.2, 0.25) is 0 Å². The molecule has 2 aromatic heterocycles. The zero-order valence-corrected chi connectivity index (χ0v) is 14.4. The Morgan fingerprint density at radius 1 is 0.792 bits per heavy atom. The van der Waals surface area contributed by atoms with Crippen LogP contribution in [0.4, 0.5) is 0 Å². The second-order valence-electron chi connectivity index (χ2n) is 6.38. The van der Waals surface area contributed by atoms with Crippen molar-refractivity contribution >= 4 is 12.4 Å². The van der Waals surface area contributed by atoms with E-state index in [1.165, 1.54) is 12.8 Å². The van der Waals surface area contributed by atoms with Crippen LogP contribution in [0.15, 0.2) is 46.4 Å². The van der Waals surface area contributed by atoms with Crippen LogP contribution < -0.4 is 0 Å². The van der Waals surface area contributed by atoms with Gasteiger partial charge in [0.2, 0.25) is 0 Å². The largest absolute Gasteiger partial charge is 0.285 e. The molecule has 0 aliphatic heterocycles. The molecule has 0 saturated heterocycles. The quantitative estimate of drug-likeness (QED) is 0.801. The van der Waals surface area contributed by atoms with Gasteiger partial charge in [0.25, 0.3) is 0 Å². The van der Waals surface area contributed by atoms with E-state index in [0.29, 0.717) is 0 Å². The lowest BCUT2D eigenvalue weighted by atomic mass is 9.91. The standard InChI is InChI=1S/C20H24N4/c1-15-7-5-9-17(23-15)13-21-19-11-3-4-12-20(19)22-14-18-10-6-8-16(2)24-18/h5-10,13-14,19-20H,3-4,11-12H2,1-2H3. The number of pyridine rings is 2. The molecule has 1 saturated carbocycles. The topological polar surface area (TPSA) is 50.5 Å². The average molecular weight is 320 g/mol. The second-order valence-corrected chi connectivity index (χ2v) is 6.38. The summed E-state index contributed by atoms with van der Waals surface area (Å²) in [6.45, 7) is 4.00. The van der Waals surface area contributed by atoms with Crippen molar-refractivity contribution < 1.29 is 0 Å². The van der Waals surface area contributed by atoms with Crippen molar-refractivity contribution in [3.8, 4) is 0 Å². The molecule has 1 fully saturated rings. The van der Waals surface area contributed by atoms with E-state index in [-0.39, 0.29) is 12.1 Å². The fourth-order valence-corrected chi connectivity index (χ4v) is 3.06. The maximum Gasteiger partial charge on any atom is 0.0811 e. The molecule has 24 heavy (non-hydrogen) atoms. The molecule has 124 valence electrons. The number of rotatable bonds is 4. The summed E-state index contributed by atoms with van der Waals surface area (Å²) >= 11 is 0. The molecule has 0 N–H and O–H groups in total. The molecule has 1 aliphatic carbocycles. The Balaban J connectivity index is 1.71. The summed E-state index contributed by atoms with van der Waals surface area (Å²) in [4.78, 5) is 18.5. The normalized spacial score (nSPS) is 21.6. The van der Waals surface area contributed by atoms with Crippen LogP contribution in [0.25, 0.3) is 0 Å². The molecule has 0 radical (unpaired) electrons. The Morgan fingerprint density at radius 2 is 1.25 bits per heavy atom. The first-order valence-corrected chi connectivity index (χ1v) is 8.64. The number of aryl methyl sites for hydroxylation is 2. The highest BCUT2D eigenvalue weighted by atomic mass is 14.9. The monoisotopic (exact) mass is 320 g/mol. The highest BCUT2D eigenvalue weighted by Crippen LogP contribution is 2.24. The highest BCUT2D eigenvalue weighted by molar-refractivity contribution is 5.78. The number of hydrogen-bond donors (Lipinski definition) is 0. The first-order valence-electron chi connectivity index (χ1n) is 8.64. The lowest BCUT2D eigenvalue weighted by molar-refractivity contribution is 0.390. The van der Waals surface area contributed by atoms with Crippen molar-refractivity contribution in [3.05, 3.63) is 59.2 Å². The highest BCUT2D eigenvalue weighted by Gasteiger charge is 2.23. The van der Waals surface area contributed by atoms with Crippen molar-refractivity contribution in [1.82, 2.24) is 9.97 Å². The first kappa shape index (κ1) is 16.5. The predicted molar refractivity (Wildman–Crippen MR) is 99.2 cm³/mol. The van der Waals surface area contributed by atoms with Gasteiger partial charge in [-0.2, -0.15) is 0 Å². The van der Waals surface area contributed by atoms with Crippen LogP contribution >= 0.6 is 0 Å². The van der Waals surface area contributed by atoms with Crippen molar-refractivity contribution in [2.24, 2.45) is 9.98 Å². The van der Waals surface area contributed by atoms with E-state index in [4.69, 9.17) is 9.98 Å². The summed E-state index contributed by atoms with van der Waals surface area (Å²) in [6.07, 6.45) is 8.42. The van der Waals surface area contributed by atoms with Crippen molar-refractivity contribution in [1.29, 1.82) is 0 Å². The smallest absolute Gasteiger partial charge is 0.0811 e. The van der Waals surface area contributed by atoms with Crippen LogP contribution in [0, 0.1) is 13.8 Å². The van der Waals surface area contributed by atoms with Crippen molar-refractivity contribution in [3.63, 3.8) is 0 Å². The lowest BCUT2D eigenvalue weighted by Gasteiger charge is -2.25. The SMILES string of the molecule is Cc1cccc(C=NC2CCCCC2N=Cc2cccc(C)n2)n1. The van der Waals surface area contributed by atoms with Gasteiger partial charge in [-0.1, -0.05) is 25.0 Å². The number of aromatic nitrogens is 2. The molecule has 0 aromatic carbocycles. The number of hydrogen-bond acceptors (Lipinski definition) is 4. The second kappa shape index (κ2) is 7.95. The molecular weight excluding hydrogens is 296 g/mol. The molecule has 3 rings (SSSR count). The Labute approximate surface area is 143 Å². The predicted octanol–water partition coefficient (Wildman–Crippen LogP) is 3.94. The van der Waals surface area contributed by atoms with E-state index in [1.54, 1.807) is 0 Å². The third kappa shape index (κ3) is 4.57. The summed E-state index contributed by atoms with van der Waals surface area (Å²) in [5.41, 5.74) is 3.87. The van der Waals surface area contributed by atoms with Crippen LogP contribution in [0.3, 0.4) is 0 Å². The summed E-state index contributed by atoms with van der Waals surface area (Å²) in [7, 11) is 0. The third-order valence-electron chi connectivity index (χ3n) is 4.31. The Morgan fingerprint density at radius 3 is 1.67 bits per heavy atom. The summed E-state index contributed by atoms with van der Waals surface area (Å²) in [5.74, 6) is 0. The molecule has 2 atom stereocenters. The van der Waals surface area contributed by atoms with Gasteiger partial charge >= 0.3 is 0 Å². The Hall–Kier alpha value is -2.36. The Bertz CT molecular complexity index is 672. The van der Waals surface area contributed by atoms with Gasteiger partial charge in [-0.05, 0) is 51.0 Å². The maximum absolute atomic E-state index is 4.78. The molecule has 2 unspecified atom stereocenters. The molecular formula is C20H24N4. The zero-order valence-electron chi connectivity index (χ0n) is 14.4. The third-order valence-corrected chi connectivity index (χ3v) is 4.31. The molecule has 0 bridgehead atoms. The summed E-state index contributed by atoms with van der Waals surface area (Å²) < 4.78 is 0. The van der Waals surface area contributed by atoms with Crippen molar-refractivity contribution in [2.75, 3.05) is 0 Å². The van der Waals surface area contributed by atoms with Gasteiger partial charge in [-0.3, -0.25) is 20.0 Å². The molecule has 4 heteroatoms. The van der Waals surface area contributed by atoms with E-state index in [9.17, 15) is 0 Å². The van der Waals surface area contributed by atoms with Crippen LogP contribution in [-0.4, -0.2) is 34.5 Å². The molecule has 4 nitrogen and oxygen atoms in total. The van der Waals surface area contributed by atoms with Crippen LogP contribution in [0.1, 0.15) is 48.5 Å². The minimum Gasteiger partial charge on any atom is -0.285 e. The molecule has 0 spiro atoms. The van der Waals surface area contributed by atoms with Gasteiger partial charge in [0.15, 0.2) is 0 Å². The van der Waals surface area contributed by atoms with E-state index in [2.05, 4.69) is 9.97 Å². The Kier molecular flexibility index (Phi) is 5.47. The van der Waals surface area contributed by atoms with Gasteiger partial charge in [0.1, 0.15) is 0 Å². The van der Waals surface area contributed by atoms with E-state index < -0.39 is 0 Å². The first-order chi connectivity index (χ1) is 11.7. The minimum absolute atomic E-state index is 0.238. The van der Waals surface area contributed by atoms with Crippen molar-refractivity contribution in [2.45, 2.75) is 51.6 Å². The fraction of sp³-hybridized carbons (Fsp3) is 0.400. The molecule has 2 heterocycles. The zero-order chi connectivity index (χ0) is 16.8. The van der Waals surface area contributed by atoms with Gasteiger partial charge in [-0.25, -0.2) is 0 Å². The van der Waals surface area contributed by atoms with E-state index >= 15 is 0 Å². The molecule has 2 aromatic rings. The van der Waals surface area contributed by atoms with Gasteiger partial charge < -0.3 is 0 Å². The number of nitrogens with zero attached hydrogens (tertiary/aromatic N) is 4. The fourth-order valence-electron chi connectivity index (χ4n) is 3.06. The minimum atomic E-state index is 0.238. The van der Waals surface area contributed by atoms with Gasteiger partial charge in [0, 0.05) is 23.8 Å². The number of aliphatic imine (C=N–C) groups is 2. The average Bonchev–Trinajstić information content (AvgIpc) is 2.59. The maximum atomic E-state index is 4.78. The van der Waals surface area contributed by atoms with E-state index in [0.717, 1.165) is 35.6 Å². The molecule has 1 aliphatic rings. The summed E-state index contributed by atoms with van der Waals surface area (Å²) in [5, 5.41) is 0. The van der Waals surface area contributed by atoms with Crippen LogP contribution in [-0.2, 0) is 0 Å². The summed E-state index contributed by atoms with van der Waals surface area (Å²) in [6, 6.07) is 12.5. The van der Waals surface area contributed by atoms with Crippen LogP contribution in [0.5, 0.6) is 0 Å². The van der Waals surface area contributed by atoms with Gasteiger partial charge in [-0.15, -0.1) is 0 Å².